The molecule has 0 spiro atoms. The molecule has 1 saturated heterocycles. The lowest BCUT2D eigenvalue weighted by atomic mass is 9.99. The minimum Gasteiger partial charge on any atom is -0.490 e. The second kappa shape index (κ2) is 20.4. The summed E-state index contributed by atoms with van der Waals surface area (Å²) in [7, 11) is 0. The lowest BCUT2D eigenvalue weighted by Crippen LogP contribution is -2.52. The van der Waals surface area contributed by atoms with Gasteiger partial charge >= 0.3 is 12.1 Å². The fourth-order valence-electron chi connectivity index (χ4n) is 6.32. The number of hydrogen-bond donors (Lipinski definition) is 3. The second-order valence-corrected chi connectivity index (χ2v) is 17.2. The maximum Gasteiger partial charge on any atom is 0.408 e. The summed E-state index contributed by atoms with van der Waals surface area (Å²) in [5.74, 6) is 0.199. The molecular formula is C43H44ClN9O6S2. The van der Waals surface area contributed by atoms with E-state index in [2.05, 4.69) is 36.4 Å². The van der Waals surface area contributed by atoms with E-state index in [-0.39, 0.29) is 19.6 Å². The molecule has 5 aromatic rings. The van der Waals surface area contributed by atoms with Crippen molar-refractivity contribution in [1.82, 2.24) is 30.6 Å². The highest BCUT2D eigenvalue weighted by Crippen LogP contribution is 2.45. The summed E-state index contributed by atoms with van der Waals surface area (Å²) in [6.45, 7) is 16.2. The van der Waals surface area contributed by atoms with Crippen LogP contribution in [0.25, 0.3) is 26.5 Å². The standard InChI is InChI=1S/C43H44ClN9O6S2/c1-26(49-38(54)34(20-30-22-47-25-48-30)51-42(56)59-43(2,3)4)41(55)58-19-18-57-32-14-10-27(11-15-32)35-33(21-45)40(52-37(36(35)46-5)53-16-6-7-17-53)61-24-31-23-60-39(50-31)28-8-12-29(44)13-9-28/h8-15,22-23,25-26,34H,6-7,16-20,24H2,1-4H3,(H,47,48)(H,49,54)(H,51,56)/t26-,34-/m0/s1. The van der Waals surface area contributed by atoms with Crippen LogP contribution in [0.2, 0.25) is 5.02 Å². The van der Waals surface area contributed by atoms with Gasteiger partial charge in [0.25, 0.3) is 0 Å². The number of imidazole rings is 1. The number of nitrogens with one attached hydrogen (secondary N) is 3. The van der Waals surface area contributed by atoms with Crippen LogP contribution in [0.4, 0.5) is 16.3 Å². The number of aromatic nitrogens is 4. The van der Waals surface area contributed by atoms with Gasteiger partial charge in [-0.15, -0.1) is 11.3 Å². The number of H-pyrrole nitrogens is 1. The van der Waals surface area contributed by atoms with Crippen molar-refractivity contribution >= 4 is 64.2 Å². The van der Waals surface area contributed by atoms with Crippen molar-refractivity contribution < 1.29 is 28.6 Å². The number of alkyl carbamates (subject to hydrolysis) is 1. The molecule has 3 N–H and O–H groups in total. The second-order valence-electron chi connectivity index (χ2n) is 14.9. The number of carbonyl (C=O) groups excluding carboxylic acids is 3. The number of halogens is 1. The SMILES string of the molecule is [C-]#[N+]c1c(N2CCCC2)nc(SCc2csc(-c3ccc(Cl)cc3)n2)c(C#N)c1-c1ccc(OCCOC(=O)[C@H](C)NC(=O)[C@H](Cc2cnc[nH]2)NC(=O)OC(C)(C)C)cc1. The van der Waals surface area contributed by atoms with Gasteiger partial charge in [-0.3, -0.25) is 4.79 Å². The highest BCUT2D eigenvalue weighted by Gasteiger charge is 2.29. The Morgan fingerprint density at radius 2 is 1.79 bits per heavy atom. The van der Waals surface area contributed by atoms with Gasteiger partial charge in [-0.1, -0.05) is 47.6 Å². The molecule has 1 fully saturated rings. The summed E-state index contributed by atoms with van der Waals surface area (Å²) in [6.07, 6.45) is 4.25. The largest absolute Gasteiger partial charge is 0.490 e. The first-order valence-electron chi connectivity index (χ1n) is 19.4. The summed E-state index contributed by atoms with van der Waals surface area (Å²) in [4.78, 5) is 61.1. The molecule has 0 radical (unpaired) electrons. The van der Waals surface area contributed by atoms with E-state index in [1.54, 1.807) is 45.0 Å². The van der Waals surface area contributed by atoms with E-state index >= 15 is 0 Å². The number of nitriles is 1. The first-order chi connectivity index (χ1) is 29.3. The number of pyridine rings is 1. The first-order valence-corrected chi connectivity index (χ1v) is 21.7. The van der Waals surface area contributed by atoms with Gasteiger partial charge in [0.15, 0.2) is 0 Å². The molecule has 0 unspecified atom stereocenters. The van der Waals surface area contributed by atoms with E-state index in [4.69, 9.17) is 42.4 Å². The van der Waals surface area contributed by atoms with Crippen molar-refractivity contribution in [3.63, 3.8) is 0 Å². The van der Waals surface area contributed by atoms with Crippen molar-refractivity contribution in [2.75, 3.05) is 31.2 Å². The number of hydrogen-bond acceptors (Lipinski definition) is 13. The van der Waals surface area contributed by atoms with Gasteiger partial charge in [0.2, 0.25) is 11.6 Å². The predicted molar refractivity (Wildman–Crippen MR) is 234 cm³/mol. The molecule has 2 atom stereocenters. The highest BCUT2D eigenvalue weighted by atomic mass is 35.5. The number of aromatic amines is 1. The molecule has 2 aromatic carbocycles. The monoisotopic (exact) mass is 881 g/mol. The molecule has 18 heteroatoms. The number of amides is 2. The third kappa shape index (κ3) is 12.0. The zero-order chi connectivity index (χ0) is 43.5. The van der Waals surface area contributed by atoms with Crippen LogP contribution in [-0.4, -0.2) is 81.9 Å². The van der Waals surface area contributed by atoms with Crippen LogP contribution in [0.3, 0.4) is 0 Å². The van der Waals surface area contributed by atoms with Gasteiger partial charge in [0, 0.05) is 58.7 Å². The van der Waals surface area contributed by atoms with Crippen LogP contribution in [0.15, 0.2) is 71.5 Å². The zero-order valence-electron chi connectivity index (χ0n) is 34.0. The molecule has 1 aliphatic heterocycles. The van der Waals surface area contributed by atoms with Gasteiger partial charge in [0.05, 0.1) is 24.2 Å². The average molecular weight is 882 g/mol. The molecule has 0 aliphatic carbocycles. The lowest BCUT2D eigenvalue weighted by molar-refractivity contribution is -0.148. The van der Waals surface area contributed by atoms with E-state index < -0.39 is 35.7 Å². The van der Waals surface area contributed by atoms with Crippen molar-refractivity contribution in [2.45, 2.75) is 75.4 Å². The van der Waals surface area contributed by atoms with E-state index in [0.717, 1.165) is 42.2 Å². The van der Waals surface area contributed by atoms with Crippen molar-refractivity contribution in [1.29, 1.82) is 5.26 Å². The van der Waals surface area contributed by atoms with Crippen LogP contribution in [0.1, 0.15) is 57.5 Å². The van der Waals surface area contributed by atoms with Crippen LogP contribution in [0.5, 0.6) is 5.75 Å². The van der Waals surface area contributed by atoms with E-state index in [0.29, 0.717) is 55.4 Å². The van der Waals surface area contributed by atoms with Gasteiger partial charge < -0.3 is 34.7 Å². The predicted octanol–water partition coefficient (Wildman–Crippen LogP) is 8.13. The topological polar surface area (TPSA) is 189 Å². The Bertz CT molecular complexity index is 2400. The number of thiazole rings is 1. The Hall–Kier alpha value is -6.14. The minimum atomic E-state index is -1.06. The Kier molecular flexibility index (Phi) is 14.9. The average Bonchev–Trinajstić information content (AvgIpc) is 4.05. The fraction of sp³-hybridized carbons (Fsp3) is 0.349. The van der Waals surface area contributed by atoms with Gasteiger partial charge in [-0.2, -0.15) is 5.26 Å². The summed E-state index contributed by atoms with van der Waals surface area (Å²) in [6, 6.07) is 14.8. The molecule has 1 aliphatic rings. The maximum atomic E-state index is 13.2. The number of anilines is 1. The molecule has 0 saturated carbocycles. The first kappa shape index (κ1) is 44.4. The smallest absolute Gasteiger partial charge is 0.408 e. The number of esters is 1. The van der Waals surface area contributed by atoms with Gasteiger partial charge in [0.1, 0.15) is 58.6 Å². The number of benzene rings is 2. The summed E-state index contributed by atoms with van der Waals surface area (Å²) in [5, 5.41) is 19.7. The molecule has 0 bridgehead atoms. The van der Waals surface area contributed by atoms with Crippen LogP contribution < -0.4 is 20.3 Å². The molecule has 61 heavy (non-hydrogen) atoms. The molecule has 15 nitrogen and oxygen atoms in total. The van der Waals surface area contributed by atoms with Crippen molar-refractivity contribution in [3.8, 4) is 33.5 Å². The van der Waals surface area contributed by atoms with E-state index in [9.17, 15) is 19.6 Å². The quantitative estimate of drug-likeness (QED) is 0.0374. The number of carbonyl (C=O) groups is 3. The Balaban J connectivity index is 1.09. The zero-order valence-corrected chi connectivity index (χ0v) is 36.4. The molecule has 4 heterocycles. The molecule has 316 valence electrons. The van der Waals surface area contributed by atoms with Crippen LogP contribution >= 0.6 is 34.7 Å². The molecule has 6 rings (SSSR count). The van der Waals surface area contributed by atoms with Crippen LogP contribution in [-0.2, 0) is 31.2 Å². The lowest BCUT2D eigenvalue weighted by Gasteiger charge is -2.24. The molecular weight excluding hydrogens is 838 g/mol. The summed E-state index contributed by atoms with van der Waals surface area (Å²) in [5.41, 5.74) is 3.41. The third-order valence-electron chi connectivity index (χ3n) is 9.19. The van der Waals surface area contributed by atoms with E-state index in [1.807, 2.05) is 29.6 Å². The molecule has 2 amide bonds. The number of rotatable bonds is 16. The Morgan fingerprint density at radius 3 is 2.44 bits per heavy atom. The Labute approximate surface area is 367 Å². The van der Waals surface area contributed by atoms with Gasteiger partial charge in [-0.05, 0) is 70.4 Å². The van der Waals surface area contributed by atoms with E-state index in [1.165, 1.54) is 42.5 Å². The summed E-state index contributed by atoms with van der Waals surface area (Å²) >= 11 is 9.02. The maximum absolute atomic E-state index is 13.2. The molecule has 3 aromatic heterocycles. The van der Waals surface area contributed by atoms with Crippen molar-refractivity contribution in [3.05, 3.63) is 99.8 Å². The number of nitrogens with zero attached hydrogens (tertiary/aromatic N) is 6. The number of ether oxygens (including phenoxy) is 3. The minimum absolute atomic E-state index is 0.0106. The summed E-state index contributed by atoms with van der Waals surface area (Å²) < 4.78 is 16.5. The normalized spacial score (nSPS) is 13.4. The fourth-order valence-corrected chi connectivity index (χ4v) is 8.25. The highest BCUT2D eigenvalue weighted by molar-refractivity contribution is 7.98. The Morgan fingerprint density at radius 1 is 1.07 bits per heavy atom. The van der Waals surface area contributed by atoms with Gasteiger partial charge in [-0.25, -0.2) is 29.4 Å². The number of thioether (sulfide) groups is 1. The van der Waals surface area contributed by atoms with Crippen LogP contribution in [0, 0.1) is 17.9 Å². The van der Waals surface area contributed by atoms with Crippen molar-refractivity contribution in [2.24, 2.45) is 0 Å². The third-order valence-corrected chi connectivity index (χ3v) is 11.4.